The molecule has 0 bridgehead atoms. The molecule has 1 saturated heterocycles. The maximum atomic E-state index is 12.6. The van der Waals surface area contributed by atoms with Gasteiger partial charge in [0.25, 0.3) is 5.91 Å². The summed E-state index contributed by atoms with van der Waals surface area (Å²) in [6.45, 7) is 5.27. The molecule has 1 aromatic carbocycles. The third-order valence-corrected chi connectivity index (χ3v) is 5.36. The Bertz CT molecular complexity index is 1040. The van der Waals surface area contributed by atoms with Gasteiger partial charge in [-0.15, -0.1) is 0 Å². The van der Waals surface area contributed by atoms with E-state index in [0.717, 1.165) is 50.4 Å². The van der Waals surface area contributed by atoms with E-state index in [-0.39, 0.29) is 5.91 Å². The number of nitrogens with zero attached hydrogens (tertiary/aromatic N) is 3. The van der Waals surface area contributed by atoms with Gasteiger partial charge in [0.1, 0.15) is 5.82 Å². The molecule has 2 aromatic heterocycles. The second-order valence-corrected chi connectivity index (χ2v) is 7.55. The predicted molar refractivity (Wildman–Crippen MR) is 119 cm³/mol. The van der Waals surface area contributed by atoms with Gasteiger partial charge in [0.2, 0.25) is 0 Å². The molecule has 164 valence electrons. The number of hydrogen-bond acceptors (Lipinski definition) is 7. The van der Waals surface area contributed by atoms with Crippen LogP contribution in [0.5, 0.6) is 0 Å². The number of rotatable bonds is 8. The predicted octanol–water partition coefficient (Wildman–Crippen LogP) is 1.81. The number of hydrogen-bond donors (Lipinski definition) is 3. The van der Waals surface area contributed by atoms with E-state index in [1.165, 1.54) is 0 Å². The normalized spacial score (nSPS) is 14.7. The number of aromatic nitrogens is 3. The van der Waals surface area contributed by atoms with Crippen LogP contribution >= 0.6 is 0 Å². The van der Waals surface area contributed by atoms with Crippen LogP contribution < -0.4 is 11.1 Å². The molecular weight excluding hydrogens is 396 g/mol. The minimum atomic E-state index is -0.168. The summed E-state index contributed by atoms with van der Waals surface area (Å²) in [6.07, 6.45) is 2.34. The maximum Gasteiger partial charge on any atom is 0.253 e. The lowest BCUT2D eigenvalue weighted by Gasteiger charge is -2.27. The average molecular weight is 425 g/mol. The minimum absolute atomic E-state index is 0.168. The topological polar surface area (TPSA) is 118 Å². The summed E-state index contributed by atoms with van der Waals surface area (Å²) in [4.78, 5) is 27.1. The number of benzene rings is 1. The Kier molecular flexibility index (Phi) is 6.76. The molecule has 0 radical (unpaired) electrons. The van der Waals surface area contributed by atoms with Gasteiger partial charge in [-0.3, -0.25) is 9.69 Å². The largest absolute Gasteiger partial charge is 0.398 e. The number of pyridine rings is 1. The maximum absolute atomic E-state index is 12.6. The molecule has 1 aliphatic heterocycles. The van der Waals surface area contributed by atoms with Crippen molar-refractivity contribution in [1.29, 1.82) is 0 Å². The van der Waals surface area contributed by atoms with Gasteiger partial charge < -0.3 is 25.5 Å². The molecule has 0 saturated carbocycles. The zero-order valence-electron chi connectivity index (χ0n) is 17.7. The van der Waals surface area contributed by atoms with Crippen LogP contribution in [0, 0.1) is 0 Å². The van der Waals surface area contributed by atoms with Crippen molar-refractivity contribution in [1.82, 2.24) is 25.2 Å². The Morgan fingerprint density at radius 2 is 2.16 bits per heavy atom. The number of nitrogens with one attached hydrogen (secondary N) is 2. The lowest BCUT2D eigenvalue weighted by molar-refractivity contribution is 0.0343. The van der Waals surface area contributed by atoms with Gasteiger partial charge in [-0.25, -0.2) is 9.97 Å². The first kappa shape index (κ1) is 21.2. The number of ether oxygens (including phenoxy) is 2. The molecule has 1 aliphatic rings. The highest BCUT2D eigenvalue weighted by molar-refractivity contribution is 6.04. The van der Waals surface area contributed by atoms with Crippen LogP contribution in [0.4, 0.5) is 5.69 Å². The summed E-state index contributed by atoms with van der Waals surface area (Å²) in [5, 5.41) is 2.90. The minimum Gasteiger partial charge on any atom is -0.398 e. The van der Waals surface area contributed by atoms with Crippen LogP contribution in [0.2, 0.25) is 0 Å². The molecule has 1 fully saturated rings. The first-order chi connectivity index (χ1) is 15.2. The van der Waals surface area contributed by atoms with Crippen molar-refractivity contribution >= 4 is 22.8 Å². The number of anilines is 1. The number of imidazole rings is 1. The SMILES string of the molecule is COCCCNC(=O)c1ccnc2nc(-c3ccc(CN4CCOCC4)c(N)c3)[nH]c12. The number of nitrogens with two attached hydrogens (primary N) is 1. The third kappa shape index (κ3) is 5.01. The molecule has 4 rings (SSSR count). The van der Waals surface area contributed by atoms with E-state index in [1.54, 1.807) is 19.4 Å². The van der Waals surface area contributed by atoms with Crippen molar-refractivity contribution in [2.24, 2.45) is 0 Å². The van der Waals surface area contributed by atoms with Gasteiger partial charge in [-0.05, 0) is 24.1 Å². The molecule has 0 aliphatic carbocycles. The summed E-state index contributed by atoms with van der Waals surface area (Å²) in [7, 11) is 1.64. The lowest BCUT2D eigenvalue weighted by atomic mass is 10.1. The molecule has 9 nitrogen and oxygen atoms in total. The molecule has 0 atom stereocenters. The summed E-state index contributed by atoms with van der Waals surface area (Å²) in [5.41, 5.74) is 10.6. The number of aromatic amines is 1. The Labute approximate surface area is 181 Å². The van der Waals surface area contributed by atoms with Gasteiger partial charge >= 0.3 is 0 Å². The van der Waals surface area contributed by atoms with Crippen molar-refractivity contribution in [3.63, 3.8) is 0 Å². The fraction of sp³-hybridized carbons (Fsp3) is 0.409. The second-order valence-electron chi connectivity index (χ2n) is 7.55. The number of carbonyl (C=O) groups excluding carboxylic acids is 1. The molecular formula is C22H28N6O3. The van der Waals surface area contributed by atoms with Crippen LogP contribution in [-0.4, -0.2) is 72.3 Å². The smallest absolute Gasteiger partial charge is 0.253 e. The molecule has 3 heterocycles. The highest BCUT2D eigenvalue weighted by Gasteiger charge is 2.16. The van der Waals surface area contributed by atoms with Crippen LogP contribution in [-0.2, 0) is 16.0 Å². The second kappa shape index (κ2) is 9.86. The fourth-order valence-corrected chi connectivity index (χ4v) is 3.64. The van der Waals surface area contributed by atoms with Crippen LogP contribution in [0.1, 0.15) is 22.3 Å². The number of fused-ring (bicyclic) bond motifs is 1. The van der Waals surface area contributed by atoms with E-state index in [0.29, 0.717) is 41.4 Å². The number of carbonyl (C=O) groups is 1. The van der Waals surface area contributed by atoms with E-state index in [2.05, 4.69) is 25.2 Å². The molecule has 9 heteroatoms. The zero-order chi connectivity index (χ0) is 21.6. The van der Waals surface area contributed by atoms with Crippen molar-refractivity contribution < 1.29 is 14.3 Å². The number of H-pyrrole nitrogens is 1. The van der Waals surface area contributed by atoms with Crippen molar-refractivity contribution in [3.05, 3.63) is 41.6 Å². The number of nitrogen functional groups attached to an aromatic ring is 1. The molecule has 1 amide bonds. The Morgan fingerprint density at radius 1 is 1.32 bits per heavy atom. The van der Waals surface area contributed by atoms with Crippen LogP contribution in [0.15, 0.2) is 30.5 Å². The van der Waals surface area contributed by atoms with E-state index in [4.69, 9.17) is 15.2 Å². The number of amides is 1. The highest BCUT2D eigenvalue weighted by Crippen LogP contribution is 2.26. The molecule has 0 spiro atoms. The van der Waals surface area contributed by atoms with Gasteiger partial charge in [-0.1, -0.05) is 12.1 Å². The molecule has 3 aromatic rings. The van der Waals surface area contributed by atoms with Gasteiger partial charge in [0.15, 0.2) is 5.65 Å². The Balaban J connectivity index is 1.53. The van der Waals surface area contributed by atoms with Crippen LogP contribution in [0.3, 0.4) is 0 Å². The quantitative estimate of drug-likeness (QED) is 0.373. The third-order valence-electron chi connectivity index (χ3n) is 5.36. The van der Waals surface area contributed by atoms with Crippen molar-refractivity contribution in [2.45, 2.75) is 13.0 Å². The summed E-state index contributed by atoms with van der Waals surface area (Å²) >= 11 is 0. The molecule has 4 N–H and O–H groups in total. The fourth-order valence-electron chi connectivity index (χ4n) is 3.64. The molecule has 31 heavy (non-hydrogen) atoms. The Hall–Kier alpha value is -3.01. The van der Waals surface area contributed by atoms with Crippen LogP contribution in [0.25, 0.3) is 22.6 Å². The first-order valence-corrected chi connectivity index (χ1v) is 10.5. The van der Waals surface area contributed by atoms with Gasteiger partial charge in [0.05, 0.1) is 24.3 Å². The first-order valence-electron chi connectivity index (χ1n) is 10.5. The number of morpholine rings is 1. The van der Waals surface area contributed by atoms with E-state index >= 15 is 0 Å². The molecule has 0 unspecified atom stereocenters. The standard InChI is InChI=1S/C22H28N6O3/c1-30-10-2-6-25-22(29)17-5-7-24-21-19(17)26-20(27-21)15-3-4-16(18(23)13-15)14-28-8-11-31-12-9-28/h3-5,7,13H,2,6,8-12,14,23H2,1H3,(H,25,29)(H,24,26,27). The van der Waals surface area contributed by atoms with Crippen molar-refractivity contribution in [3.8, 4) is 11.4 Å². The number of methoxy groups -OCH3 is 1. The van der Waals surface area contributed by atoms with Gasteiger partial charge in [-0.2, -0.15) is 0 Å². The summed E-state index contributed by atoms with van der Waals surface area (Å²) in [6, 6.07) is 7.63. The van der Waals surface area contributed by atoms with E-state index < -0.39 is 0 Å². The van der Waals surface area contributed by atoms with Gasteiger partial charge in [0, 0.05) is 57.3 Å². The summed E-state index contributed by atoms with van der Waals surface area (Å²) in [5.74, 6) is 0.464. The lowest BCUT2D eigenvalue weighted by Crippen LogP contribution is -2.35. The highest BCUT2D eigenvalue weighted by atomic mass is 16.5. The summed E-state index contributed by atoms with van der Waals surface area (Å²) < 4.78 is 10.4. The zero-order valence-corrected chi connectivity index (χ0v) is 17.7. The van der Waals surface area contributed by atoms with E-state index in [9.17, 15) is 4.79 Å². The van der Waals surface area contributed by atoms with Crippen molar-refractivity contribution in [2.75, 3.05) is 52.3 Å². The monoisotopic (exact) mass is 424 g/mol. The Morgan fingerprint density at radius 3 is 2.94 bits per heavy atom. The van der Waals surface area contributed by atoms with E-state index in [1.807, 2.05) is 18.2 Å². The average Bonchev–Trinajstić information content (AvgIpc) is 3.23.